The fourth-order valence-corrected chi connectivity index (χ4v) is 4.90. The molecule has 1 fully saturated rings. The number of rotatable bonds is 4. The highest BCUT2D eigenvalue weighted by Crippen LogP contribution is 2.51. The van der Waals surface area contributed by atoms with Gasteiger partial charge in [0, 0.05) is 17.3 Å². The summed E-state index contributed by atoms with van der Waals surface area (Å²) >= 11 is 0. The van der Waals surface area contributed by atoms with Crippen LogP contribution in [-0.4, -0.2) is 19.7 Å². The maximum Gasteiger partial charge on any atom is 0.182 e. The van der Waals surface area contributed by atoms with Gasteiger partial charge >= 0.3 is 0 Å². The van der Waals surface area contributed by atoms with Crippen molar-refractivity contribution in [2.75, 3.05) is 4.90 Å². The Balaban J connectivity index is 1.43. The smallest absolute Gasteiger partial charge is 0.182 e. The van der Waals surface area contributed by atoms with Crippen LogP contribution in [0.1, 0.15) is 69.2 Å². The highest BCUT2D eigenvalue weighted by atomic mass is 15.3. The van der Waals surface area contributed by atoms with Crippen LogP contribution in [0.3, 0.4) is 0 Å². The van der Waals surface area contributed by atoms with Gasteiger partial charge in [-0.1, -0.05) is 38.6 Å². The first-order valence-electron chi connectivity index (χ1n) is 10.8. The Morgan fingerprint density at radius 2 is 1.93 bits per heavy atom. The Hall–Kier alpha value is -2.95. The molecular formula is C25H29N5. The molecule has 0 N–H and O–H groups in total. The van der Waals surface area contributed by atoms with Crippen molar-refractivity contribution in [2.45, 2.75) is 59.0 Å². The van der Waals surface area contributed by atoms with E-state index in [2.05, 4.69) is 67.6 Å². The fraction of sp³-hybridized carbons (Fsp3) is 0.400. The van der Waals surface area contributed by atoms with Crippen LogP contribution in [0.2, 0.25) is 0 Å². The maximum absolute atomic E-state index is 4.92. The molecule has 0 radical (unpaired) electrons. The van der Waals surface area contributed by atoms with Gasteiger partial charge in [0.25, 0.3) is 0 Å². The van der Waals surface area contributed by atoms with Crippen LogP contribution in [0, 0.1) is 5.41 Å². The minimum atomic E-state index is 0.279. The molecule has 1 aliphatic carbocycles. The third-order valence-corrected chi connectivity index (χ3v) is 6.54. The van der Waals surface area contributed by atoms with E-state index < -0.39 is 0 Å². The number of anilines is 1. The SMILES string of the molecule is C=C1c2cc(C3CC(C)(C)C3)ccc2CN1c1cccc(-c2nncn2C(C)C)n1. The Bertz CT molecular complexity index is 1120. The molecule has 0 spiro atoms. The summed E-state index contributed by atoms with van der Waals surface area (Å²) in [6, 6.07) is 13.3. The van der Waals surface area contributed by atoms with Gasteiger partial charge in [-0.25, -0.2) is 4.98 Å². The van der Waals surface area contributed by atoms with Crippen molar-refractivity contribution >= 4 is 11.5 Å². The van der Waals surface area contributed by atoms with Crippen LogP contribution < -0.4 is 4.90 Å². The lowest BCUT2D eigenvalue weighted by Crippen LogP contribution is -2.29. The van der Waals surface area contributed by atoms with Crippen molar-refractivity contribution < 1.29 is 0 Å². The molecule has 1 aromatic carbocycles. The molecule has 1 aliphatic heterocycles. The molecule has 154 valence electrons. The van der Waals surface area contributed by atoms with E-state index in [4.69, 9.17) is 4.98 Å². The van der Waals surface area contributed by atoms with E-state index in [0.717, 1.165) is 29.6 Å². The van der Waals surface area contributed by atoms with Gasteiger partial charge in [-0.3, -0.25) is 0 Å². The highest BCUT2D eigenvalue weighted by molar-refractivity contribution is 5.83. The largest absolute Gasteiger partial charge is 0.322 e. The van der Waals surface area contributed by atoms with Gasteiger partial charge in [-0.2, -0.15) is 0 Å². The molecule has 3 aromatic rings. The number of hydrogen-bond acceptors (Lipinski definition) is 4. The number of aromatic nitrogens is 4. The summed E-state index contributed by atoms with van der Waals surface area (Å²) in [6.45, 7) is 14.2. The number of hydrogen-bond donors (Lipinski definition) is 0. The molecule has 0 saturated heterocycles. The molecule has 5 rings (SSSR count). The second-order valence-corrected chi connectivity index (χ2v) is 9.76. The van der Waals surface area contributed by atoms with E-state index in [1.165, 1.54) is 29.5 Å². The lowest BCUT2D eigenvalue weighted by Gasteiger charge is -2.43. The van der Waals surface area contributed by atoms with Crippen molar-refractivity contribution in [1.82, 2.24) is 19.7 Å². The lowest BCUT2D eigenvalue weighted by molar-refractivity contribution is 0.151. The molecule has 0 bridgehead atoms. The third-order valence-electron chi connectivity index (χ3n) is 6.54. The van der Waals surface area contributed by atoms with Crippen molar-refractivity contribution in [3.8, 4) is 11.5 Å². The number of pyridine rings is 1. The second-order valence-electron chi connectivity index (χ2n) is 9.76. The zero-order chi connectivity index (χ0) is 21.0. The van der Waals surface area contributed by atoms with E-state index in [1.807, 2.05) is 22.8 Å². The lowest BCUT2D eigenvalue weighted by atomic mass is 9.62. The Morgan fingerprint density at radius 3 is 2.67 bits per heavy atom. The Kier molecular flexibility index (Phi) is 4.31. The minimum Gasteiger partial charge on any atom is -0.322 e. The quantitative estimate of drug-likeness (QED) is 0.555. The van der Waals surface area contributed by atoms with Gasteiger partial charge < -0.3 is 9.47 Å². The van der Waals surface area contributed by atoms with Crippen LogP contribution >= 0.6 is 0 Å². The average molecular weight is 400 g/mol. The van der Waals surface area contributed by atoms with E-state index >= 15 is 0 Å². The van der Waals surface area contributed by atoms with Crippen molar-refractivity contribution in [3.05, 3.63) is 66.0 Å². The van der Waals surface area contributed by atoms with Crippen LogP contribution in [0.15, 0.2) is 49.3 Å². The zero-order valence-corrected chi connectivity index (χ0v) is 18.3. The molecule has 5 nitrogen and oxygen atoms in total. The molecule has 0 unspecified atom stereocenters. The third kappa shape index (κ3) is 3.13. The van der Waals surface area contributed by atoms with E-state index in [9.17, 15) is 0 Å². The molecule has 1 saturated carbocycles. The summed E-state index contributed by atoms with van der Waals surface area (Å²) in [7, 11) is 0. The predicted octanol–water partition coefficient (Wildman–Crippen LogP) is 5.82. The van der Waals surface area contributed by atoms with Crippen molar-refractivity contribution in [3.63, 3.8) is 0 Å². The summed E-state index contributed by atoms with van der Waals surface area (Å²) in [5.41, 5.74) is 6.37. The van der Waals surface area contributed by atoms with Crippen LogP contribution in [0.25, 0.3) is 17.2 Å². The second kappa shape index (κ2) is 6.79. The number of nitrogens with zero attached hydrogens (tertiary/aromatic N) is 5. The molecule has 0 amide bonds. The van der Waals surface area contributed by atoms with Gasteiger partial charge in [0.05, 0.1) is 6.54 Å². The van der Waals surface area contributed by atoms with Crippen LogP contribution in [-0.2, 0) is 6.54 Å². The van der Waals surface area contributed by atoms with Gasteiger partial charge in [0.2, 0.25) is 0 Å². The van der Waals surface area contributed by atoms with Crippen LogP contribution in [0.5, 0.6) is 0 Å². The number of fused-ring (bicyclic) bond motifs is 1. The monoisotopic (exact) mass is 399 g/mol. The highest BCUT2D eigenvalue weighted by Gasteiger charge is 2.37. The summed E-state index contributed by atoms with van der Waals surface area (Å²) in [5, 5.41) is 8.39. The van der Waals surface area contributed by atoms with E-state index in [-0.39, 0.29) is 6.04 Å². The van der Waals surface area contributed by atoms with Crippen LogP contribution in [0.4, 0.5) is 5.82 Å². The summed E-state index contributed by atoms with van der Waals surface area (Å²) in [5.74, 6) is 2.37. The topological polar surface area (TPSA) is 46.8 Å². The van der Waals surface area contributed by atoms with Gasteiger partial charge in [-0.15, -0.1) is 10.2 Å². The van der Waals surface area contributed by atoms with E-state index in [1.54, 1.807) is 6.33 Å². The van der Waals surface area contributed by atoms with Crippen molar-refractivity contribution in [2.24, 2.45) is 5.41 Å². The first-order chi connectivity index (χ1) is 14.3. The standard InChI is InChI=1S/C25H29N5/c1-16(2)30-15-26-28-24(30)22-7-6-8-23(27-22)29-14-19-10-9-18(11-21(19)17(29)3)20-12-25(4,5)13-20/h6-11,15-16,20H,3,12-14H2,1-2,4-5H3. The Morgan fingerprint density at radius 1 is 1.13 bits per heavy atom. The predicted molar refractivity (Wildman–Crippen MR) is 121 cm³/mol. The zero-order valence-electron chi connectivity index (χ0n) is 18.3. The summed E-state index contributed by atoms with van der Waals surface area (Å²) < 4.78 is 2.05. The molecule has 3 heterocycles. The Labute approximate surface area is 178 Å². The average Bonchev–Trinajstić information content (AvgIpc) is 3.31. The fourth-order valence-electron chi connectivity index (χ4n) is 4.90. The first-order valence-corrected chi connectivity index (χ1v) is 10.8. The molecule has 0 atom stereocenters. The van der Waals surface area contributed by atoms with Crippen molar-refractivity contribution in [1.29, 1.82) is 0 Å². The molecular weight excluding hydrogens is 370 g/mol. The first kappa shape index (κ1) is 19.0. The summed E-state index contributed by atoms with van der Waals surface area (Å²) in [6.07, 6.45) is 4.30. The van der Waals surface area contributed by atoms with Gasteiger partial charge in [-0.05, 0) is 67.3 Å². The molecule has 2 aromatic heterocycles. The number of benzene rings is 1. The molecule has 5 heteroatoms. The van der Waals surface area contributed by atoms with Gasteiger partial charge in [0.1, 0.15) is 17.8 Å². The summed E-state index contributed by atoms with van der Waals surface area (Å²) in [4.78, 5) is 7.13. The van der Waals surface area contributed by atoms with Gasteiger partial charge in [0.15, 0.2) is 5.82 Å². The minimum absolute atomic E-state index is 0.279. The van der Waals surface area contributed by atoms with E-state index in [0.29, 0.717) is 11.3 Å². The maximum atomic E-state index is 4.92. The normalized spacial score (nSPS) is 18.0. The molecule has 2 aliphatic rings. The molecule has 30 heavy (non-hydrogen) atoms.